The number of aromatic nitrogens is 1. The molecule has 1 rings (SSSR count). The Bertz CT molecular complexity index is 379. The molecule has 17 heavy (non-hydrogen) atoms. The van der Waals surface area contributed by atoms with Crippen molar-refractivity contribution < 1.29 is 0 Å². The van der Waals surface area contributed by atoms with Crippen LogP contribution in [-0.4, -0.2) is 35.6 Å². The summed E-state index contributed by atoms with van der Waals surface area (Å²) >= 11 is 0. The van der Waals surface area contributed by atoms with Gasteiger partial charge in [0.15, 0.2) is 5.96 Å². The monoisotopic (exact) mass is 234 g/mol. The van der Waals surface area contributed by atoms with Crippen molar-refractivity contribution in [2.24, 2.45) is 12.0 Å². The fourth-order valence-electron chi connectivity index (χ4n) is 1.60. The molecule has 4 heteroatoms. The number of nitrogens with zero attached hydrogens (tertiary/aromatic N) is 3. The summed E-state index contributed by atoms with van der Waals surface area (Å²) in [6.45, 7) is 8.10. The van der Waals surface area contributed by atoms with Crippen molar-refractivity contribution >= 4 is 5.96 Å². The number of nitrogens with one attached hydrogen (secondary N) is 1. The van der Waals surface area contributed by atoms with Gasteiger partial charge in [-0.2, -0.15) is 0 Å². The Labute approximate surface area is 104 Å². The summed E-state index contributed by atoms with van der Waals surface area (Å²) in [6, 6.07) is 4.17. The van der Waals surface area contributed by atoms with E-state index in [0.29, 0.717) is 6.54 Å². The number of aryl methyl sites for hydroxylation is 1. The molecule has 1 N–H and O–H groups in total. The van der Waals surface area contributed by atoms with Gasteiger partial charge in [-0.3, -0.25) is 0 Å². The molecule has 0 aromatic carbocycles. The molecular weight excluding hydrogens is 212 g/mol. The van der Waals surface area contributed by atoms with Crippen LogP contribution in [0.2, 0.25) is 0 Å². The Hall–Kier alpha value is -1.71. The number of hydrogen-bond acceptors (Lipinski definition) is 1. The van der Waals surface area contributed by atoms with Crippen molar-refractivity contribution in [3.8, 4) is 0 Å². The van der Waals surface area contributed by atoms with Crippen LogP contribution >= 0.6 is 0 Å². The average Bonchev–Trinajstić information content (AvgIpc) is 2.70. The van der Waals surface area contributed by atoms with E-state index in [1.165, 1.54) is 5.69 Å². The van der Waals surface area contributed by atoms with Crippen LogP contribution in [0.15, 0.2) is 36.0 Å². The van der Waals surface area contributed by atoms with Gasteiger partial charge in [-0.15, -0.1) is 6.58 Å². The maximum atomic E-state index is 4.45. The average molecular weight is 234 g/mol. The van der Waals surface area contributed by atoms with Gasteiger partial charge in [0.1, 0.15) is 0 Å². The molecule has 0 bridgehead atoms. The molecule has 0 saturated carbocycles. The molecule has 0 radical (unpaired) electrons. The van der Waals surface area contributed by atoms with Gasteiger partial charge < -0.3 is 14.8 Å². The summed E-state index contributed by atoms with van der Waals surface area (Å²) in [5.74, 6) is 0.911. The largest absolute Gasteiger partial charge is 0.357 e. The Morgan fingerprint density at radius 2 is 2.41 bits per heavy atom. The molecule has 0 aliphatic rings. The van der Waals surface area contributed by atoms with Crippen molar-refractivity contribution in [3.63, 3.8) is 0 Å². The molecule has 1 heterocycles. The van der Waals surface area contributed by atoms with E-state index in [9.17, 15) is 0 Å². The lowest BCUT2D eigenvalue weighted by molar-refractivity contribution is 0.463. The molecule has 0 unspecified atom stereocenters. The lowest BCUT2D eigenvalue weighted by atomic mass is 10.4. The van der Waals surface area contributed by atoms with E-state index >= 15 is 0 Å². The normalized spacial score (nSPS) is 11.4. The fraction of sp³-hybridized carbons (Fsp3) is 0.462. The maximum Gasteiger partial charge on any atom is 0.194 e. The van der Waals surface area contributed by atoms with Crippen molar-refractivity contribution in [2.75, 3.05) is 20.1 Å². The van der Waals surface area contributed by atoms with E-state index in [1.54, 1.807) is 6.08 Å². The Kier molecular flexibility index (Phi) is 5.33. The second-order valence-corrected chi connectivity index (χ2v) is 3.95. The molecule has 0 amide bonds. The maximum absolute atomic E-state index is 4.45. The Balaban J connectivity index is 2.68. The fourth-order valence-corrected chi connectivity index (χ4v) is 1.60. The zero-order chi connectivity index (χ0) is 12.7. The lowest BCUT2D eigenvalue weighted by Crippen LogP contribution is -2.38. The van der Waals surface area contributed by atoms with E-state index in [1.807, 2.05) is 7.05 Å². The molecule has 1 aromatic rings. The first kappa shape index (κ1) is 13.4. The predicted molar refractivity (Wildman–Crippen MR) is 73.1 cm³/mol. The SMILES string of the molecule is C=CCN=C(NCC)N(C)Cc1cccn1C. The molecule has 94 valence electrons. The number of rotatable bonds is 5. The van der Waals surface area contributed by atoms with Gasteiger partial charge >= 0.3 is 0 Å². The summed E-state index contributed by atoms with van der Waals surface area (Å²) < 4.78 is 2.12. The summed E-state index contributed by atoms with van der Waals surface area (Å²) in [6.07, 6.45) is 3.85. The zero-order valence-corrected chi connectivity index (χ0v) is 11.0. The van der Waals surface area contributed by atoms with Crippen LogP contribution in [0.3, 0.4) is 0 Å². The van der Waals surface area contributed by atoms with E-state index in [-0.39, 0.29) is 0 Å². The lowest BCUT2D eigenvalue weighted by Gasteiger charge is -2.22. The molecule has 0 aliphatic carbocycles. The zero-order valence-electron chi connectivity index (χ0n) is 11.0. The van der Waals surface area contributed by atoms with E-state index in [2.05, 4.69) is 58.7 Å². The molecule has 0 spiro atoms. The van der Waals surface area contributed by atoms with Gasteiger partial charge in [0.25, 0.3) is 0 Å². The van der Waals surface area contributed by atoms with Gasteiger partial charge in [-0.25, -0.2) is 4.99 Å². The van der Waals surface area contributed by atoms with E-state index in [4.69, 9.17) is 0 Å². The predicted octanol–water partition coefficient (Wildman–Crippen LogP) is 1.61. The van der Waals surface area contributed by atoms with Gasteiger partial charge in [0.05, 0.1) is 13.1 Å². The number of aliphatic imine (C=N–C) groups is 1. The van der Waals surface area contributed by atoms with Gasteiger partial charge in [0.2, 0.25) is 0 Å². The first-order chi connectivity index (χ1) is 8.19. The standard InChI is InChI=1S/C13H22N4/c1-5-9-15-13(14-6-2)17(4)11-12-8-7-10-16(12)3/h5,7-8,10H,1,6,9,11H2,2-4H3,(H,14,15). The van der Waals surface area contributed by atoms with Gasteiger partial charge in [-0.05, 0) is 19.1 Å². The summed E-state index contributed by atoms with van der Waals surface area (Å²) in [7, 11) is 4.09. The third kappa shape index (κ3) is 3.98. The highest BCUT2D eigenvalue weighted by Gasteiger charge is 2.07. The second-order valence-electron chi connectivity index (χ2n) is 3.95. The molecular formula is C13H22N4. The minimum Gasteiger partial charge on any atom is -0.357 e. The van der Waals surface area contributed by atoms with Gasteiger partial charge in [0, 0.05) is 32.5 Å². The minimum absolute atomic E-state index is 0.639. The summed E-state index contributed by atoms with van der Waals surface area (Å²) in [5, 5.41) is 3.27. The van der Waals surface area contributed by atoms with Crippen LogP contribution in [-0.2, 0) is 13.6 Å². The first-order valence-corrected chi connectivity index (χ1v) is 5.89. The Morgan fingerprint density at radius 1 is 1.65 bits per heavy atom. The van der Waals surface area contributed by atoms with Crippen LogP contribution in [0.5, 0.6) is 0 Å². The highest BCUT2D eigenvalue weighted by atomic mass is 15.3. The second kappa shape index (κ2) is 6.78. The van der Waals surface area contributed by atoms with E-state index in [0.717, 1.165) is 19.0 Å². The van der Waals surface area contributed by atoms with E-state index < -0.39 is 0 Å². The highest BCUT2D eigenvalue weighted by Crippen LogP contribution is 2.03. The molecule has 1 aromatic heterocycles. The van der Waals surface area contributed by atoms with Crippen molar-refractivity contribution in [2.45, 2.75) is 13.5 Å². The summed E-state index contributed by atoms with van der Waals surface area (Å²) in [5.41, 5.74) is 1.26. The number of guanidine groups is 1. The summed E-state index contributed by atoms with van der Waals surface area (Å²) in [4.78, 5) is 6.56. The topological polar surface area (TPSA) is 32.6 Å². The Morgan fingerprint density at radius 3 is 2.94 bits per heavy atom. The first-order valence-electron chi connectivity index (χ1n) is 5.89. The van der Waals surface area contributed by atoms with Crippen molar-refractivity contribution in [3.05, 3.63) is 36.7 Å². The highest BCUT2D eigenvalue weighted by molar-refractivity contribution is 5.79. The molecule has 4 nitrogen and oxygen atoms in total. The van der Waals surface area contributed by atoms with Crippen LogP contribution in [0, 0.1) is 0 Å². The molecule has 0 saturated heterocycles. The van der Waals surface area contributed by atoms with Crippen molar-refractivity contribution in [1.82, 2.24) is 14.8 Å². The molecule has 0 aliphatic heterocycles. The third-order valence-electron chi connectivity index (χ3n) is 2.52. The molecule has 0 fully saturated rings. The van der Waals surface area contributed by atoms with Crippen LogP contribution in [0.4, 0.5) is 0 Å². The van der Waals surface area contributed by atoms with Crippen LogP contribution < -0.4 is 5.32 Å². The molecule has 0 atom stereocenters. The number of hydrogen-bond donors (Lipinski definition) is 1. The minimum atomic E-state index is 0.639. The van der Waals surface area contributed by atoms with Gasteiger partial charge in [-0.1, -0.05) is 6.08 Å². The smallest absolute Gasteiger partial charge is 0.194 e. The quantitative estimate of drug-likeness (QED) is 0.477. The van der Waals surface area contributed by atoms with Crippen molar-refractivity contribution in [1.29, 1.82) is 0 Å². The van der Waals surface area contributed by atoms with Crippen LogP contribution in [0.1, 0.15) is 12.6 Å². The van der Waals surface area contributed by atoms with Crippen LogP contribution in [0.25, 0.3) is 0 Å². The third-order valence-corrected chi connectivity index (χ3v) is 2.52.